The molecule has 0 radical (unpaired) electrons. The van der Waals surface area contributed by atoms with Crippen LogP contribution in [-0.4, -0.2) is 23.0 Å². The van der Waals surface area contributed by atoms with E-state index in [0.29, 0.717) is 5.56 Å². The topological polar surface area (TPSA) is 54.0 Å². The molecule has 4 heteroatoms. The Balaban J connectivity index is 2.62. The SMILES string of the molecule is CCCNc1ccc(C(=O)NC(C)(C)CCC)cn1. The monoisotopic (exact) mass is 263 g/mol. The fourth-order valence-electron chi connectivity index (χ4n) is 1.95. The zero-order chi connectivity index (χ0) is 14.3. The Morgan fingerprint density at radius 2 is 2.00 bits per heavy atom. The maximum Gasteiger partial charge on any atom is 0.253 e. The normalized spacial score (nSPS) is 11.2. The van der Waals surface area contributed by atoms with E-state index < -0.39 is 0 Å². The van der Waals surface area contributed by atoms with Crippen molar-refractivity contribution in [1.82, 2.24) is 10.3 Å². The Kier molecular flexibility index (Phi) is 5.80. The van der Waals surface area contributed by atoms with Gasteiger partial charge in [0.25, 0.3) is 5.91 Å². The average molecular weight is 263 g/mol. The molecular weight excluding hydrogens is 238 g/mol. The van der Waals surface area contributed by atoms with Gasteiger partial charge in [0.1, 0.15) is 5.82 Å². The molecule has 106 valence electrons. The highest BCUT2D eigenvalue weighted by Gasteiger charge is 2.20. The molecule has 4 nitrogen and oxygen atoms in total. The van der Waals surface area contributed by atoms with Gasteiger partial charge < -0.3 is 10.6 Å². The summed E-state index contributed by atoms with van der Waals surface area (Å²) in [4.78, 5) is 16.3. The number of hydrogen-bond acceptors (Lipinski definition) is 3. The highest BCUT2D eigenvalue weighted by molar-refractivity contribution is 5.94. The summed E-state index contributed by atoms with van der Waals surface area (Å²) in [5.41, 5.74) is 0.427. The van der Waals surface area contributed by atoms with Gasteiger partial charge in [0.2, 0.25) is 0 Å². The molecule has 0 aromatic carbocycles. The molecule has 1 rings (SSSR count). The van der Waals surface area contributed by atoms with Crippen LogP contribution in [0.15, 0.2) is 18.3 Å². The van der Waals surface area contributed by atoms with Crippen molar-refractivity contribution >= 4 is 11.7 Å². The van der Waals surface area contributed by atoms with E-state index in [-0.39, 0.29) is 11.4 Å². The van der Waals surface area contributed by atoms with E-state index in [4.69, 9.17) is 0 Å². The predicted molar refractivity (Wildman–Crippen MR) is 79.5 cm³/mol. The summed E-state index contributed by atoms with van der Waals surface area (Å²) in [6, 6.07) is 3.65. The number of carbonyl (C=O) groups is 1. The Morgan fingerprint density at radius 1 is 1.26 bits per heavy atom. The minimum absolute atomic E-state index is 0.0620. The lowest BCUT2D eigenvalue weighted by Gasteiger charge is -2.25. The Hall–Kier alpha value is -1.58. The highest BCUT2D eigenvalue weighted by atomic mass is 16.1. The molecule has 0 unspecified atom stereocenters. The summed E-state index contributed by atoms with van der Waals surface area (Å²) in [5.74, 6) is 0.749. The standard InChI is InChI=1S/C15H25N3O/c1-5-9-15(3,4)18-14(19)12-7-8-13(17-11-12)16-10-6-2/h7-8,11H,5-6,9-10H2,1-4H3,(H,16,17)(H,18,19). The molecule has 1 amide bonds. The van der Waals surface area contributed by atoms with Crippen LogP contribution >= 0.6 is 0 Å². The van der Waals surface area contributed by atoms with Gasteiger partial charge in [-0.05, 0) is 38.8 Å². The molecule has 0 atom stereocenters. The first-order valence-corrected chi connectivity index (χ1v) is 7.01. The van der Waals surface area contributed by atoms with E-state index >= 15 is 0 Å². The maximum absolute atomic E-state index is 12.1. The summed E-state index contributed by atoms with van der Waals surface area (Å²) in [5, 5.41) is 6.22. The van der Waals surface area contributed by atoms with E-state index in [1.807, 2.05) is 26.0 Å². The number of rotatable bonds is 7. The summed E-state index contributed by atoms with van der Waals surface area (Å²) in [6.45, 7) is 9.19. The van der Waals surface area contributed by atoms with Crippen LogP contribution in [0.3, 0.4) is 0 Å². The number of nitrogens with one attached hydrogen (secondary N) is 2. The molecule has 0 bridgehead atoms. The van der Waals surface area contributed by atoms with Gasteiger partial charge in [-0.2, -0.15) is 0 Å². The van der Waals surface area contributed by atoms with Gasteiger partial charge >= 0.3 is 0 Å². The molecule has 0 aliphatic heterocycles. The van der Waals surface area contributed by atoms with Crippen LogP contribution in [0.2, 0.25) is 0 Å². The van der Waals surface area contributed by atoms with Crippen molar-refractivity contribution in [3.05, 3.63) is 23.9 Å². The second-order valence-corrected chi connectivity index (χ2v) is 5.45. The van der Waals surface area contributed by atoms with E-state index in [1.54, 1.807) is 6.20 Å². The molecule has 0 aliphatic carbocycles. The molecule has 0 saturated heterocycles. The van der Waals surface area contributed by atoms with Crippen molar-refractivity contribution in [1.29, 1.82) is 0 Å². The zero-order valence-electron chi connectivity index (χ0n) is 12.4. The number of anilines is 1. The van der Waals surface area contributed by atoms with Crippen molar-refractivity contribution in [2.75, 3.05) is 11.9 Å². The largest absolute Gasteiger partial charge is 0.370 e. The molecule has 0 saturated carbocycles. The highest BCUT2D eigenvalue weighted by Crippen LogP contribution is 2.12. The Morgan fingerprint density at radius 3 is 2.53 bits per heavy atom. The van der Waals surface area contributed by atoms with Gasteiger partial charge in [-0.25, -0.2) is 4.98 Å². The summed E-state index contributed by atoms with van der Waals surface area (Å²) >= 11 is 0. The van der Waals surface area contributed by atoms with E-state index in [1.165, 1.54) is 0 Å². The number of carbonyl (C=O) groups excluding carboxylic acids is 1. The number of amides is 1. The van der Waals surface area contributed by atoms with Crippen LogP contribution in [0.4, 0.5) is 5.82 Å². The van der Waals surface area contributed by atoms with Crippen LogP contribution in [0.1, 0.15) is 57.3 Å². The first-order valence-electron chi connectivity index (χ1n) is 7.01. The smallest absolute Gasteiger partial charge is 0.253 e. The van der Waals surface area contributed by atoms with Gasteiger partial charge in [-0.3, -0.25) is 4.79 Å². The van der Waals surface area contributed by atoms with Crippen LogP contribution in [0, 0.1) is 0 Å². The van der Waals surface area contributed by atoms with Crippen LogP contribution < -0.4 is 10.6 Å². The van der Waals surface area contributed by atoms with Crippen molar-refractivity contribution < 1.29 is 4.79 Å². The molecule has 0 spiro atoms. The fraction of sp³-hybridized carbons (Fsp3) is 0.600. The van der Waals surface area contributed by atoms with Crippen LogP contribution in [0.25, 0.3) is 0 Å². The second kappa shape index (κ2) is 7.12. The third-order valence-electron chi connectivity index (χ3n) is 2.91. The van der Waals surface area contributed by atoms with Crippen molar-refractivity contribution in [3.63, 3.8) is 0 Å². The lowest BCUT2D eigenvalue weighted by molar-refractivity contribution is 0.0908. The number of nitrogens with zero attached hydrogens (tertiary/aromatic N) is 1. The van der Waals surface area contributed by atoms with Crippen LogP contribution in [-0.2, 0) is 0 Å². The molecule has 0 fully saturated rings. The fourth-order valence-corrected chi connectivity index (χ4v) is 1.95. The van der Waals surface area contributed by atoms with Gasteiger partial charge in [0, 0.05) is 18.3 Å². The molecular formula is C15H25N3O. The summed E-state index contributed by atoms with van der Waals surface area (Å²) in [6.07, 6.45) is 4.68. The number of hydrogen-bond donors (Lipinski definition) is 2. The Labute approximate surface area is 116 Å². The lowest BCUT2D eigenvalue weighted by atomic mass is 9.98. The number of aromatic nitrogens is 1. The van der Waals surface area contributed by atoms with E-state index in [2.05, 4.69) is 29.5 Å². The zero-order valence-corrected chi connectivity index (χ0v) is 12.4. The number of pyridine rings is 1. The molecule has 2 N–H and O–H groups in total. The second-order valence-electron chi connectivity index (χ2n) is 5.45. The minimum Gasteiger partial charge on any atom is -0.370 e. The van der Waals surface area contributed by atoms with Gasteiger partial charge in [-0.1, -0.05) is 20.3 Å². The van der Waals surface area contributed by atoms with Gasteiger partial charge in [0.05, 0.1) is 5.56 Å². The predicted octanol–water partition coefficient (Wildman–Crippen LogP) is 3.21. The average Bonchev–Trinajstić information content (AvgIpc) is 2.36. The molecule has 19 heavy (non-hydrogen) atoms. The maximum atomic E-state index is 12.1. The minimum atomic E-state index is -0.176. The summed E-state index contributed by atoms with van der Waals surface area (Å²) < 4.78 is 0. The van der Waals surface area contributed by atoms with Crippen LogP contribution in [0.5, 0.6) is 0 Å². The van der Waals surface area contributed by atoms with E-state index in [0.717, 1.165) is 31.6 Å². The molecule has 1 heterocycles. The van der Waals surface area contributed by atoms with E-state index in [9.17, 15) is 4.79 Å². The van der Waals surface area contributed by atoms with Gasteiger partial charge in [0.15, 0.2) is 0 Å². The molecule has 0 aliphatic rings. The third-order valence-corrected chi connectivity index (χ3v) is 2.91. The molecule has 1 aromatic heterocycles. The van der Waals surface area contributed by atoms with Crippen molar-refractivity contribution in [2.45, 2.75) is 52.5 Å². The quantitative estimate of drug-likeness (QED) is 0.794. The first-order chi connectivity index (χ1) is 8.98. The summed E-state index contributed by atoms with van der Waals surface area (Å²) in [7, 11) is 0. The van der Waals surface area contributed by atoms with Gasteiger partial charge in [-0.15, -0.1) is 0 Å². The van der Waals surface area contributed by atoms with Crippen molar-refractivity contribution in [2.24, 2.45) is 0 Å². The molecule has 1 aromatic rings. The first kappa shape index (κ1) is 15.5. The lowest BCUT2D eigenvalue weighted by Crippen LogP contribution is -2.43. The van der Waals surface area contributed by atoms with Crippen molar-refractivity contribution in [3.8, 4) is 0 Å². The Bertz CT molecular complexity index is 398. The third kappa shape index (κ3) is 5.28.